The molecule has 0 aliphatic heterocycles. The average molecular weight is 213 g/mol. The summed E-state index contributed by atoms with van der Waals surface area (Å²) in [7, 11) is 0. The first-order valence-corrected chi connectivity index (χ1v) is 4.66. The van der Waals surface area contributed by atoms with Crippen LogP contribution in [0.4, 0.5) is 0 Å². The molecule has 4 heteroatoms. The van der Waals surface area contributed by atoms with Crippen LogP contribution in [0.1, 0.15) is 18.4 Å². The van der Waals surface area contributed by atoms with E-state index in [2.05, 4.69) is 0 Å². The number of aliphatic carboxylic acids is 1. The van der Waals surface area contributed by atoms with E-state index in [1.807, 2.05) is 0 Å². The minimum atomic E-state index is -0.843. The number of benzene rings is 1. The van der Waals surface area contributed by atoms with Crippen molar-refractivity contribution in [3.63, 3.8) is 0 Å². The second-order valence-electron chi connectivity index (χ2n) is 3.55. The normalized spacial score (nSPS) is 17.8. The molecule has 0 atom stereocenters. The topological polar surface area (TPSA) is 57.5 Å². The van der Waals surface area contributed by atoms with E-state index in [0.29, 0.717) is 23.4 Å². The highest BCUT2D eigenvalue weighted by atomic mass is 35.5. The Labute approximate surface area is 85.9 Å². The first-order chi connectivity index (χ1) is 6.56. The van der Waals surface area contributed by atoms with E-state index in [4.69, 9.17) is 21.8 Å². The number of phenolic OH excluding ortho intramolecular Hbond substituents is 1. The third-order valence-corrected chi connectivity index (χ3v) is 2.94. The molecule has 2 N–H and O–H groups in total. The number of carbonyl (C=O) groups is 1. The molecule has 74 valence electrons. The Hall–Kier alpha value is -1.22. The van der Waals surface area contributed by atoms with Gasteiger partial charge in [-0.05, 0) is 30.5 Å². The molecule has 0 spiro atoms. The molecule has 0 saturated heterocycles. The van der Waals surface area contributed by atoms with Crippen LogP contribution in [0.2, 0.25) is 5.02 Å². The maximum atomic E-state index is 11.0. The standard InChI is InChI=1S/C10H9ClO3/c11-8-5-6(12)1-2-7(8)10(3-4-10)9(13)14/h1-2,5,12H,3-4H2,(H,13,14). The number of aromatic hydroxyl groups is 1. The third-order valence-electron chi connectivity index (χ3n) is 2.63. The van der Waals surface area contributed by atoms with Gasteiger partial charge in [0.1, 0.15) is 5.75 Å². The van der Waals surface area contributed by atoms with Crippen LogP contribution in [-0.4, -0.2) is 16.2 Å². The van der Waals surface area contributed by atoms with Crippen LogP contribution in [0.5, 0.6) is 5.75 Å². The fourth-order valence-corrected chi connectivity index (χ4v) is 1.97. The number of carboxylic acid groups (broad SMARTS) is 1. The van der Waals surface area contributed by atoms with Crippen molar-refractivity contribution in [3.05, 3.63) is 28.8 Å². The largest absolute Gasteiger partial charge is 0.508 e. The predicted molar refractivity (Wildman–Crippen MR) is 51.7 cm³/mol. The lowest BCUT2D eigenvalue weighted by atomic mass is 9.96. The summed E-state index contributed by atoms with van der Waals surface area (Å²) in [6.45, 7) is 0. The molecule has 1 fully saturated rings. The van der Waals surface area contributed by atoms with Gasteiger partial charge in [-0.2, -0.15) is 0 Å². The van der Waals surface area contributed by atoms with Gasteiger partial charge in [0.15, 0.2) is 0 Å². The first-order valence-electron chi connectivity index (χ1n) is 4.29. The highest BCUT2D eigenvalue weighted by Gasteiger charge is 2.52. The average Bonchev–Trinajstić information content (AvgIpc) is 2.84. The maximum Gasteiger partial charge on any atom is 0.314 e. The van der Waals surface area contributed by atoms with E-state index in [9.17, 15) is 4.79 Å². The van der Waals surface area contributed by atoms with Crippen LogP contribution in [0.25, 0.3) is 0 Å². The van der Waals surface area contributed by atoms with Gasteiger partial charge >= 0.3 is 5.97 Å². The van der Waals surface area contributed by atoms with Crippen molar-refractivity contribution in [2.45, 2.75) is 18.3 Å². The summed E-state index contributed by atoms with van der Waals surface area (Å²) in [5.41, 5.74) is -0.199. The van der Waals surface area contributed by atoms with Gasteiger partial charge in [0.05, 0.1) is 5.41 Å². The molecular formula is C10H9ClO3. The van der Waals surface area contributed by atoms with E-state index in [-0.39, 0.29) is 5.75 Å². The van der Waals surface area contributed by atoms with Gasteiger partial charge in [-0.3, -0.25) is 4.79 Å². The van der Waals surface area contributed by atoms with E-state index in [1.54, 1.807) is 6.07 Å². The van der Waals surface area contributed by atoms with Gasteiger partial charge in [0, 0.05) is 5.02 Å². The van der Waals surface area contributed by atoms with Gasteiger partial charge in [0.2, 0.25) is 0 Å². The highest BCUT2D eigenvalue weighted by Crippen LogP contribution is 2.51. The predicted octanol–water partition coefficient (Wildman–Crippen LogP) is 2.16. The van der Waals surface area contributed by atoms with Gasteiger partial charge in [-0.25, -0.2) is 0 Å². The summed E-state index contributed by atoms with van der Waals surface area (Å²) in [4.78, 5) is 11.0. The van der Waals surface area contributed by atoms with Crippen molar-refractivity contribution in [3.8, 4) is 5.75 Å². The fourth-order valence-electron chi connectivity index (χ4n) is 1.62. The minimum Gasteiger partial charge on any atom is -0.508 e. The van der Waals surface area contributed by atoms with Crippen molar-refractivity contribution in [1.29, 1.82) is 0 Å². The summed E-state index contributed by atoms with van der Waals surface area (Å²) in [6.07, 6.45) is 1.24. The van der Waals surface area contributed by atoms with Gasteiger partial charge in [0.25, 0.3) is 0 Å². The Morgan fingerprint density at radius 1 is 1.43 bits per heavy atom. The third kappa shape index (κ3) is 1.24. The summed E-state index contributed by atoms with van der Waals surface area (Å²) >= 11 is 5.87. The van der Waals surface area contributed by atoms with Crippen molar-refractivity contribution >= 4 is 17.6 Å². The summed E-state index contributed by atoms with van der Waals surface area (Å²) in [5, 5.41) is 18.5. The van der Waals surface area contributed by atoms with Gasteiger partial charge < -0.3 is 10.2 Å². The first kappa shape index (κ1) is 9.34. The molecule has 0 heterocycles. The second-order valence-corrected chi connectivity index (χ2v) is 3.96. The lowest BCUT2D eigenvalue weighted by Crippen LogP contribution is -2.19. The maximum absolute atomic E-state index is 11.0. The molecule has 0 radical (unpaired) electrons. The smallest absolute Gasteiger partial charge is 0.314 e. The van der Waals surface area contributed by atoms with Crippen LogP contribution in [0, 0.1) is 0 Å². The zero-order chi connectivity index (χ0) is 10.3. The number of hydrogen-bond donors (Lipinski definition) is 2. The molecule has 0 bridgehead atoms. The molecule has 3 nitrogen and oxygen atoms in total. The molecule has 1 aliphatic rings. The molecule has 1 aromatic carbocycles. The van der Waals surface area contributed by atoms with E-state index < -0.39 is 11.4 Å². The molecule has 1 aromatic rings. The summed E-state index contributed by atoms with van der Waals surface area (Å²) in [6, 6.07) is 4.42. The minimum absolute atomic E-state index is 0.0555. The monoisotopic (exact) mass is 212 g/mol. The number of phenols is 1. The fraction of sp³-hybridized carbons (Fsp3) is 0.300. The lowest BCUT2D eigenvalue weighted by Gasteiger charge is -2.11. The Morgan fingerprint density at radius 3 is 2.50 bits per heavy atom. The number of hydrogen-bond acceptors (Lipinski definition) is 2. The number of halogens is 1. The molecule has 0 amide bonds. The van der Waals surface area contributed by atoms with Crippen LogP contribution < -0.4 is 0 Å². The van der Waals surface area contributed by atoms with Crippen molar-refractivity contribution in [1.82, 2.24) is 0 Å². The Balaban J connectivity index is 2.47. The quantitative estimate of drug-likeness (QED) is 0.790. The van der Waals surface area contributed by atoms with Crippen molar-refractivity contribution in [2.75, 3.05) is 0 Å². The van der Waals surface area contributed by atoms with E-state index in [1.165, 1.54) is 12.1 Å². The molecule has 0 aromatic heterocycles. The van der Waals surface area contributed by atoms with Crippen molar-refractivity contribution in [2.24, 2.45) is 0 Å². The Kier molecular flexibility index (Phi) is 1.93. The summed E-state index contributed by atoms with van der Waals surface area (Å²) < 4.78 is 0. The lowest BCUT2D eigenvalue weighted by molar-refractivity contribution is -0.140. The SMILES string of the molecule is O=C(O)C1(c2ccc(O)cc2Cl)CC1. The van der Waals surface area contributed by atoms with Gasteiger partial charge in [-0.15, -0.1) is 0 Å². The molecule has 1 aliphatic carbocycles. The Morgan fingerprint density at radius 2 is 2.07 bits per heavy atom. The number of rotatable bonds is 2. The van der Waals surface area contributed by atoms with Crippen LogP contribution in [0.3, 0.4) is 0 Å². The summed E-state index contributed by atoms with van der Waals surface area (Å²) in [5.74, 6) is -0.787. The second kappa shape index (κ2) is 2.89. The van der Waals surface area contributed by atoms with Crippen molar-refractivity contribution < 1.29 is 15.0 Å². The zero-order valence-electron chi connectivity index (χ0n) is 7.33. The molecule has 1 saturated carbocycles. The van der Waals surface area contributed by atoms with Gasteiger partial charge in [-0.1, -0.05) is 17.7 Å². The molecule has 2 rings (SSSR count). The molecule has 14 heavy (non-hydrogen) atoms. The molecular weight excluding hydrogens is 204 g/mol. The number of carboxylic acids is 1. The highest BCUT2D eigenvalue weighted by molar-refractivity contribution is 6.32. The Bertz CT molecular complexity index is 396. The van der Waals surface area contributed by atoms with Crippen LogP contribution in [0.15, 0.2) is 18.2 Å². The van der Waals surface area contributed by atoms with Crippen LogP contribution >= 0.6 is 11.6 Å². The van der Waals surface area contributed by atoms with Crippen LogP contribution in [-0.2, 0) is 10.2 Å². The zero-order valence-corrected chi connectivity index (χ0v) is 8.08. The van der Waals surface area contributed by atoms with E-state index in [0.717, 1.165) is 0 Å². The molecule has 0 unspecified atom stereocenters. The van der Waals surface area contributed by atoms with E-state index >= 15 is 0 Å².